The Morgan fingerprint density at radius 3 is 2.66 bits per heavy atom. The number of rotatable bonds is 3. The number of carbonyl (C=O) groups is 1. The molecule has 150 valence electrons. The van der Waals surface area contributed by atoms with Gasteiger partial charge in [-0.3, -0.25) is 4.79 Å². The first kappa shape index (κ1) is 18.3. The zero-order valence-electron chi connectivity index (χ0n) is 16.4. The third kappa shape index (κ3) is 3.54. The van der Waals surface area contributed by atoms with Crippen LogP contribution in [0.4, 0.5) is 4.39 Å². The van der Waals surface area contributed by atoms with Gasteiger partial charge >= 0.3 is 0 Å². The second-order valence-corrected chi connectivity index (χ2v) is 8.27. The molecule has 2 aliphatic rings. The van der Waals surface area contributed by atoms with Crippen molar-refractivity contribution in [2.45, 2.75) is 51.0 Å². The summed E-state index contributed by atoms with van der Waals surface area (Å²) in [7, 11) is 0. The SMILES string of the molecule is O=C(C1CCCCC1)N1CCC[C@@H]1c1nc2cc(-c3cccc(F)c3)ccc2o1. The highest BCUT2D eigenvalue weighted by Crippen LogP contribution is 2.37. The Morgan fingerprint density at radius 2 is 1.83 bits per heavy atom. The van der Waals surface area contributed by atoms with Crippen molar-refractivity contribution in [1.29, 1.82) is 0 Å². The van der Waals surface area contributed by atoms with Crippen LogP contribution < -0.4 is 0 Å². The Bertz CT molecular complexity index is 1040. The van der Waals surface area contributed by atoms with Crippen molar-refractivity contribution >= 4 is 17.0 Å². The molecule has 5 rings (SSSR count). The van der Waals surface area contributed by atoms with Gasteiger partial charge in [-0.2, -0.15) is 0 Å². The first-order valence-corrected chi connectivity index (χ1v) is 10.7. The number of aromatic nitrogens is 1. The Balaban J connectivity index is 1.43. The molecule has 0 bridgehead atoms. The fraction of sp³-hybridized carbons (Fsp3) is 0.417. The van der Waals surface area contributed by atoms with Gasteiger partial charge in [0.1, 0.15) is 17.4 Å². The lowest BCUT2D eigenvalue weighted by Gasteiger charge is -2.29. The van der Waals surface area contributed by atoms with Gasteiger partial charge in [0.05, 0.1) is 0 Å². The molecule has 0 N–H and O–H groups in total. The van der Waals surface area contributed by atoms with E-state index in [1.54, 1.807) is 6.07 Å². The van der Waals surface area contributed by atoms with E-state index in [2.05, 4.69) is 0 Å². The molecule has 0 spiro atoms. The second kappa shape index (κ2) is 7.62. The van der Waals surface area contributed by atoms with Gasteiger partial charge in [0.25, 0.3) is 0 Å². The van der Waals surface area contributed by atoms with E-state index in [0.717, 1.165) is 61.7 Å². The van der Waals surface area contributed by atoms with Crippen molar-refractivity contribution < 1.29 is 13.6 Å². The van der Waals surface area contributed by atoms with E-state index in [-0.39, 0.29) is 23.7 Å². The number of nitrogens with zero attached hydrogens (tertiary/aromatic N) is 2. The van der Waals surface area contributed by atoms with Crippen LogP contribution >= 0.6 is 0 Å². The zero-order valence-corrected chi connectivity index (χ0v) is 16.4. The monoisotopic (exact) mass is 392 g/mol. The third-order valence-electron chi connectivity index (χ3n) is 6.34. The molecule has 1 aliphatic heterocycles. The van der Waals surface area contributed by atoms with Gasteiger partial charge in [-0.15, -0.1) is 0 Å². The van der Waals surface area contributed by atoms with Crippen molar-refractivity contribution in [2.24, 2.45) is 5.92 Å². The number of benzene rings is 2. The summed E-state index contributed by atoms with van der Waals surface area (Å²) >= 11 is 0. The largest absolute Gasteiger partial charge is 0.438 e. The summed E-state index contributed by atoms with van der Waals surface area (Å²) in [5.41, 5.74) is 3.17. The fourth-order valence-corrected chi connectivity index (χ4v) is 4.81. The summed E-state index contributed by atoms with van der Waals surface area (Å²) < 4.78 is 19.6. The van der Waals surface area contributed by atoms with E-state index < -0.39 is 0 Å². The van der Waals surface area contributed by atoms with Crippen molar-refractivity contribution in [3.8, 4) is 11.1 Å². The smallest absolute Gasteiger partial charge is 0.226 e. The van der Waals surface area contributed by atoms with Gasteiger partial charge in [-0.25, -0.2) is 9.37 Å². The number of hydrogen-bond donors (Lipinski definition) is 0. The summed E-state index contributed by atoms with van der Waals surface area (Å²) in [6, 6.07) is 12.2. The molecule has 1 saturated heterocycles. The van der Waals surface area contributed by atoms with Crippen LogP contribution in [-0.2, 0) is 4.79 Å². The molecule has 2 fully saturated rings. The first-order valence-electron chi connectivity index (χ1n) is 10.7. The molecule has 0 radical (unpaired) electrons. The average Bonchev–Trinajstić information content (AvgIpc) is 3.40. The van der Waals surface area contributed by atoms with Crippen LogP contribution in [0.5, 0.6) is 0 Å². The molecule has 1 aromatic heterocycles. The summed E-state index contributed by atoms with van der Waals surface area (Å²) in [6.45, 7) is 0.785. The van der Waals surface area contributed by atoms with Gasteiger partial charge < -0.3 is 9.32 Å². The highest BCUT2D eigenvalue weighted by Gasteiger charge is 2.36. The molecular weight excluding hydrogens is 367 g/mol. The van der Waals surface area contributed by atoms with E-state index in [1.165, 1.54) is 18.6 Å². The maximum atomic E-state index is 13.6. The number of fused-ring (bicyclic) bond motifs is 1. The Morgan fingerprint density at radius 1 is 1.00 bits per heavy atom. The molecule has 2 aromatic carbocycles. The van der Waals surface area contributed by atoms with Gasteiger partial charge in [0, 0.05) is 12.5 Å². The van der Waals surface area contributed by atoms with E-state index in [1.807, 2.05) is 29.2 Å². The van der Waals surface area contributed by atoms with Gasteiger partial charge in [-0.1, -0.05) is 37.5 Å². The van der Waals surface area contributed by atoms with Crippen molar-refractivity contribution in [3.05, 3.63) is 54.2 Å². The predicted molar refractivity (Wildman–Crippen MR) is 110 cm³/mol. The lowest BCUT2D eigenvalue weighted by atomic mass is 9.88. The highest BCUT2D eigenvalue weighted by molar-refractivity contribution is 5.81. The van der Waals surface area contributed by atoms with Gasteiger partial charge in [-0.05, 0) is 61.1 Å². The summed E-state index contributed by atoms with van der Waals surface area (Å²) in [6.07, 6.45) is 7.44. The molecule has 3 aromatic rings. The van der Waals surface area contributed by atoms with Crippen molar-refractivity contribution in [3.63, 3.8) is 0 Å². The van der Waals surface area contributed by atoms with Crippen LogP contribution in [0.2, 0.25) is 0 Å². The molecule has 1 amide bonds. The molecule has 4 nitrogen and oxygen atoms in total. The molecular formula is C24H25FN2O2. The number of likely N-dealkylation sites (tertiary alicyclic amines) is 1. The van der Waals surface area contributed by atoms with Crippen LogP contribution in [0, 0.1) is 11.7 Å². The topological polar surface area (TPSA) is 46.3 Å². The van der Waals surface area contributed by atoms with Gasteiger partial charge in [0.2, 0.25) is 11.8 Å². The summed E-state index contributed by atoms with van der Waals surface area (Å²) in [5, 5.41) is 0. The van der Waals surface area contributed by atoms with Crippen LogP contribution in [0.15, 0.2) is 46.9 Å². The Hall–Kier alpha value is -2.69. The zero-order chi connectivity index (χ0) is 19.8. The maximum absolute atomic E-state index is 13.6. The molecule has 1 saturated carbocycles. The number of amides is 1. The quantitative estimate of drug-likeness (QED) is 0.559. The predicted octanol–water partition coefficient (Wildman–Crippen LogP) is 5.88. The first-order chi connectivity index (χ1) is 14.2. The molecule has 5 heteroatoms. The Kier molecular flexibility index (Phi) is 4.82. The highest BCUT2D eigenvalue weighted by atomic mass is 19.1. The number of oxazole rings is 1. The standard InChI is InChI=1S/C24H25FN2O2/c25-19-9-4-8-17(14-19)18-11-12-22-20(15-18)26-23(29-22)21-10-5-13-27(21)24(28)16-6-2-1-3-7-16/h4,8-9,11-12,14-16,21H,1-3,5-7,10,13H2/t21-/m1/s1. The lowest BCUT2D eigenvalue weighted by Crippen LogP contribution is -2.36. The number of carbonyl (C=O) groups excluding carboxylic acids is 1. The van der Waals surface area contributed by atoms with E-state index in [0.29, 0.717) is 11.5 Å². The molecule has 1 aliphatic carbocycles. The molecule has 0 unspecified atom stereocenters. The number of halogens is 1. The minimum Gasteiger partial charge on any atom is -0.438 e. The van der Waals surface area contributed by atoms with Crippen LogP contribution in [0.3, 0.4) is 0 Å². The maximum Gasteiger partial charge on any atom is 0.226 e. The normalized spacial score (nSPS) is 20.4. The van der Waals surface area contributed by atoms with Crippen LogP contribution in [0.25, 0.3) is 22.2 Å². The molecule has 29 heavy (non-hydrogen) atoms. The van der Waals surface area contributed by atoms with E-state index in [9.17, 15) is 9.18 Å². The minimum atomic E-state index is -0.258. The van der Waals surface area contributed by atoms with E-state index >= 15 is 0 Å². The second-order valence-electron chi connectivity index (χ2n) is 8.27. The van der Waals surface area contributed by atoms with Crippen LogP contribution in [0.1, 0.15) is 56.9 Å². The molecule has 1 atom stereocenters. The summed E-state index contributed by atoms with van der Waals surface area (Å²) in [5.74, 6) is 0.799. The fourth-order valence-electron chi connectivity index (χ4n) is 4.81. The average molecular weight is 392 g/mol. The van der Waals surface area contributed by atoms with Crippen LogP contribution in [-0.4, -0.2) is 22.3 Å². The van der Waals surface area contributed by atoms with Crippen molar-refractivity contribution in [2.75, 3.05) is 6.54 Å². The minimum absolute atomic E-state index is 0.0746. The molecule has 2 heterocycles. The lowest BCUT2D eigenvalue weighted by molar-refractivity contribution is -0.137. The summed E-state index contributed by atoms with van der Waals surface area (Å²) in [4.78, 5) is 19.8. The van der Waals surface area contributed by atoms with Crippen molar-refractivity contribution in [1.82, 2.24) is 9.88 Å². The Labute approximate surface area is 169 Å². The third-order valence-corrected chi connectivity index (χ3v) is 6.34. The number of hydrogen-bond acceptors (Lipinski definition) is 3. The van der Waals surface area contributed by atoms with Gasteiger partial charge in [0.15, 0.2) is 5.58 Å². The van der Waals surface area contributed by atoms with E-state index in [4.69, 9.17) is 9.40 Å².